The van der Waals surface area contributed by atoms with Crippen molar-refractivity contribution >= 4 is 32.6 Å². The van der Waals surface area contributed by atoms with Gasteiger partial charge in [0.25, 0.3) is 5.56 Å². The lowest BCUT2D eigenvalue weighted by atomic mass is 10.2. The summed E-state index contributed by atoms with van der Waals surface area (Å²) in [6, 6.07) is 13.7. The van der Waals surface area contributed by atoms with E-state index in [1.165, 1.54) is 0 Å². The number of fused-ring (bicyclic) bond motifs is 1. The molecule has 0 aliphatic heterocycles. The molecule has 2 N–H and O–H groups in total. The van der Waals surface area contributed by atoms with Crippen molar-refractivity contribution in [1.82, 2.24) is 19.5 Å². The van der Waals surface area contributed by atoms with Crippen LogP contribution in [0.2, 0.25) is 0 Å². The van der Waals surface area contributed by atoms with Gasteiger partial charge in [-0.15, -0.1) is 0 Å². The minimum atomic E-state index is -0.0650. The number of hydrogen-bond acceptors (Lipinski definition) is 7. The molecule has 0 bridgehead atoms. The third-order valence-corrected chi connectivity index (χ3v) is 6.07. The van der Waals surface area contributed by atoms with Crippen molar-refractivity contribution < 1.29 is 0 Å². The van der Waals surface area contributed by atoms with Crippen molar-refractivity contribution in [2.24, 2.45) is 0 Å². The molecule has 1 aliphatic rings. The average molecular weight is 404 g/mol. The lowest BCUT2D eigenvalue weighted by Gasteiger charge is -2.15. The fourth-order valence-electron chi connectivity index (χ4n) is 3.71. The van der Waals surface area contributed by atoms with Crippen LogP contribution in [0.25, 0.3) is 16.0 Å². The van der Waals surface area contributed by atoms with Crippen molar-refractivity contribution in [3.8, 4) is 5.69 Å². The van der Waals surface area contributed by atoms with Crippen molar-refractivity contribution in [3.05, 3.63) is 71.4 Å². The highest BCUT2D eigenvalue weighted by atomic mass is 32.1. The van der Waals surface area contributed by atoms with E-state index in [2.05, 4.69) is 25.6 Å². The van der Waals surface area contributed by atoms with Gasteiger partial charge in [-0.2, -0.15) is 0 Å². The molecule has 4 heterocycles. The Morgan fingerprint density at radius 2 is 1.90 bits per heavy atom. The van der Waals surface area contributed by atoms with E-state index in [4.69, 9.17) is 0 Å². The normalized spacial score (nSPS) is 18.8. The van der Waals surface area contributed by atoms with Crippen LogP contribution in [0.1, 0.15) is 19.3 Å². The monoisotopic (exact) mass is 404 g/mol. The average Bonchev–Trinajstić information content (AvgIpc) is 3.35. The molecule has 0 amide bonds. The Balaban J connectivity index is 1.21. The number of anilines is 2. The van der Waals surface area contributed by atoms with Gasteiger partial charge in [0.15, 0.2) is 10.8 Å². The lowest BCUT2D eigenvalue weighted by molar-refractivity contribution is 0.722. The number of nitrogens with zero attached hydrogens (tertiary/aromatic N) is 4. The Kier molecular flexibility index (Phi) is 4.69. The number of pyridine rings is 3. The van der Waals surface area contributed by atoms with Crippen LogP contribution in [-0.4, -0.2) is 31.6 Å². The number of aromatic nitrogens is 4. The first kappa shape index (κ1) is 17.8. The zero-order valence-corrected chi connectivity index (χ0v) is 16.5. The summed E-state index contributed by atoms with van der Waals surface area (Å²) >= 11 is 1.64. The summed E-state index contributed by atoms with van der Waals surface area (Å²) < 4.78 is 2.68. The van der Waals surface area contributed by atoms with Crippen molar-refractivity contribution in [2.45, 2.75) is 31.3 Å². The molecule has 4 aromatic heterocycles. The smallest absolute Gasteiger partial charge is 0.255 e. The van der Waals surface area contributed by atoms with E-state index in [1.807, 2.05) is 30.3 Å². The van der Waals surface area contributed by atoms with Crippen LogP contribution in [0.3, 0.4) is 0 Å². The third kappa shape index (κ3) is 3.84. The fourth-order valence-corrected chi connectivity index (χ4v) is 4.62. The Labute approximate surface area is 171 Å². The molecule has 0 spiro atoms. The minimum Gasteiger partial charge on any atom is -0.367 e. The third-order valence-electron chi connectivity index (χ3n) is 5.13. The number of thiazole rings is 1. The molecule has 4 aromatic rings. The van der Waals surface area contributed by atoms with Crippen LogP contribution >= 0.6 is 11.3 Å². The van der Waals surface area contributed by atoms with Crippen LogP contribution in [-0.2, 0) is 0 Å². The fraction of sp³-hybridized carbons (Fsp3) is 0.238. The molecule has 1 aliphatic carbocycles. The quantitative estimate of drug-likeness (QED) is 0.528. The summed E-state index contributed by atoms with van der Waals surface area (Å²) in [6.07, 6.45) is 8.40. The molecular weight excluding hydrogens is 384 g/mol. The first-order chi connectivity index (χ1) is 14.2. The van der Waals surface area contributed by atoms with Gasteiger partial charge in [-0.1, -0.05) is 17.4 Å². The standard InChI is InChI=1S/C21H20N6OS/c28-19-5-1-2-11-27(19)16-8-9-18(23-13-16)24-14-6-7-15(12-14)25-21-26-20-17(29-21)4-3-10-22-20/h1-5,8-11,13-15H,6-7,12H2,(H,23,24)(H,22,25,26)/t14-,15-/m0/s1. The largest absolute Gasteiger partial charge is 0.367 e. The predicted octanol–water partition coefficient (Wildman–Crippen LogP) is 3.68. The first-order valence-electron chi connectivity index (χ1n) is 9.63. The summed E-state index contributed by atoms with van der Waals surface area (Å²) in [4.78, 5) is 25.3. The van der Waals surface area contributed by atoms with Gasteiger partial charge in [0.05, 0.1) is 16.6 Å². The molecule has 0 radical (unpaired) electrons. The number of nitrogens with one attached hydrogen (secondary N) is 2. The SMILES string of the molecule is O=c1ccccn1-c1ccc(N[C@H]2CC[C@H](Nc3nc4ncccc4s3)C2)nc1. The molecule has 29 heavy (non-hydrogen) atoms. The van der Waals surface area contributed by atoms with Gasteiger partial charge in [-0.05, 0) is 49.6 Å². The summed E-state index contributed by atoms with van der Waals surface area (Å²) in [5, 5.41) is 7.99. The Morgan fingerprint density at radius 3 is 2.69 bits per heavy atom. The second-order valence-electron chi connectivity index (χ2n) is 7.15. The Bertz CT molecular complexity index is 1150. The molecule has 5 rings (SSSR count). The highest BCUT2D eigenvalue weighted by Gasteiger charge is 2.25. The van der Waals surface area contributed by atoms with Gasteiger partial charge in [-0.3, -0.25) is 9.36 Å². The molecule has 7 nitrogen and oxygen atoms in total. The van der Waals surface area contributed by atoms with E-state index in [1.54, 1.807) is 46.6 Å². The van der Waals surface area contributed by atoms with E-state index in [-0.39, 0.29) is 5.56 Å². The molecule has 0 aromatic carbocycles. The summed E-state index contributed by atoms with van der Waals surface area (Å²) in [7, 11) is 0. The molecule has 0 saturated heterocycles. The van der Waals surface area contributed by atoms with E-state index < -0.39 is 0 Å². The molecule has 1 fully saturated rings. The second-order valence-corrected chi connectivity index (χ2v) is 8.18. The van der Waals surface area contributed by atoms with Gasteiger partial charge >= 0.3 is 0 Å². The van der Waals surface area contributed by atoms with Crippen LogP contribution in [0, 0.1) is 0 Å². The van der Waals surface area contributed by atoms with Gasteiger partial charge in [0, 0.05) is 30.5 Å². The Hall–Kier alpha value is -3.26. The van der Waals surface area contributed by atoms with Gasteiger partial charge in [-0.25, -0.2) is 15.0 Å². The molecule has 8 heteroatoms. The minimum absolute atomic E-state index is 0.0650. The van der Waals surface area contributed by atoms with Gasteiger partial charge < -0.3 is 10.6 Å². The maximum absolute atomic E-state index is 11.9. The summed E-state index contributed by atoms with van der Waals surface area (Å²) in [5.41, 5.74) is 1.50. The van der Waals surface area contributed by atoms with E-state index in [0.717, 1.165) is 46.2 Å². The summed E-state index contributed by atoms with van der Waals surface area (Å²) in [6.45, 7) is 0. The maximum atomic E-state index is 11.9. The summed E-state index contributed by atoms with van der Waals surface area (Å²) in [5.74, 6) is 0.826. The zero-order chi connectivity index (χ0) is 19.6. The molecule has 2 atom stereocenters. The Morgan fingerprint density at radius 1 is 1.00 bits per heavy atom. The predicted molar refractivity (Wildman–Crippen MR) is 116 cm³/mol. The van der Waals surface area contributed by atoms with Crippen LogP contribution in [0.4, 0.5) is 10.9 Å². The van der Waals surface area contributed by atoms with Crippen molar-refractivity contribution in [2.75, 3.05) is 10.6 Å². The molecule has 0 unspecified atom stereocenters. The van der Waals surface area contributed by atoms with Crippen LogP contribution in [0.5, 0.6) is 0 Å². The number of hydrogen-bond donors (Lipinski definition) is 2. The lowest BCUT2D eigenvalue weighted by Crippen LogP contribution is -2.21. The molecular formula is C21H20N6OS. The maximum Gasteiger partial charge on any atom is 0.255 e. The number of rotatable bonds is 5. The van der Waals surface area contributed by atoms with E-state index in [9.17, 15) is 4.79 Å². The second kappa shape index (κ2) is 7.63. The zero-order valence-electron chi connectivity index (χ0n) is 15.7. The van der Waals surface area contributed by atoms with Crippen LogP contribution < -0.4 is 16.2 Å². The van der Waals surface area contributed by atoms with E-state index >= 15 is 0 Å². The highest BCUT2D eigenvalue weighted by Crippen LogP contribution is 2.29. The molecule has 1 saturated carbocycles. The highest BCUT2D eigenvalue weighted by molar-refractivity contribution is 7.22. The first-order valence-corrected chi connectivity index (χ1v) is 10.4. The van der Waals surface area contributed by atoms with Gasteiger partial charge in [0.2, 0.25) is 0 Å². The topological polar surface area (TPSA) is 84.7 Å². The van der Waals surface area contributed by atoms with Gasteiger partial charge in [0.1, 0.15) is 5.82 Å². The van der Waals surface area contributed by atoms with Crippen molar-refractivity contribution in [1.29, 1.82) is 0 Å². The van der Waals surface area contributed by atoms with Crippen molar-refractivity contribution in [3.63, 3.8) is 0 Å². The van der Waals surface area contributed by atoms with E-state index in [0.29, 0.717) is 12.1 Å². The molecule has 146 valence electrons. The van der Waals surface area contributed by atoms with Crippen LogP contribution in [0.15, 0.2) is 65.8 Å².